The summed E-state index contributed by atoms with van der Waals surface area (Å²) in [6.45, 7) is 0. The second-order valence-corrected chi connectivity index (χ2v) is 2.61. The maximum Gasteiger partial charge on any atom is 0.0243 e. The summed E-state index contributed by atoms with van der Waals surface area (Å²) in [7, 11) is 0. The van der Waals surface area contributed by atoms with Gasteiger partial charge in [0.25, 0.3) is 0 Å². The summed E-state index contributed by atoms with van der Waals surface area (Å²) in [5, 5.41) is 0. The van der Waals surface area contributed by atoms with Crippen molar-refractivity contribution in [3.8, 4) is 0 Å². The average Bonchev–Trinajstić information content (AvgIpc) is 2.02. The molecule has 3 aliphatic carbocycles. The molecule has 0 aromatic heterocycles. The standard InChI is InChI=1S/C7H6/c1-2-5-6-3-4(1)7(5)6/h3,6H,1-2H2. The lowest BCUT2D eigenvalue weighted by atomic mass is 9.91. The number of hydrogen-bond donors (Lipinski definition) is 0. The first-order valence-electron chi connectivity index (χ1n) is 2.91. The van der Waals surface area contributed by atoms with E-state index >= 15 is 0 Å². The molecule has 0 aromatic rings. The Labute approximate surface area is 42.5 Å². The monoisotopic (exact) mass is 90.0 g/mol. The topological polar surface area (TPSA) is 0 Å². The number of hydrogen-bond acceptors (Lipinski definition) is 0. The third kappa shape index (κ3) is 0.131. The first-order valence-corrected chi connectivity index (χ1v) is 2.91. The van der Waals surface area contributed by atoms with E-state index in [0.29, 0.717) is 0 Å². The van der Waals surface area contributed by atoms with Gasteiger partial charge in [0.15, 0.2) is 0 Å². The highest BCUT2D eigenvalue weighted by atomic mass is 14.5. The second-order valence-electron chi connectivity index (χ2n) is 2.61. The van der Waals surface area contributed by atoms with Crippen LogP contribution in [0, 0.1) is 5.92 Å². The molecule has 0 N–H and O–H groups in total. The van der Waals surface area contributed by atoms with E-state index in [4.69, 9.17) is 0 Å². The summed E-state index contributed by atoms with van der Waals surface area (Å²) in [5.74, 6) is 0.934. The molecule has 0 aromatic carbocycles. The van der Waals surface area contributed by atoms with Crippen molar-refractivity contribution < 1.29 is 0 Å². The van der Waals surface area contributed by atoms with Gasteiger partial charge in [-0.05, 0) is 24.0 Å². The molecular weight excluding hydrogens is 84.1 g/mol. The maximum atomic E-state index is 2.41. The predicted octanol–water partition coefficient (Wildman–Crippen LogP) is 1.65. The molecule has 0 fully saturated rings. The first kappa shape index (κ1) is 2.71. The largest absolute Gasteiger partial charge is 0.0694 e. The summed E-state index contributed by atoms with van der Waals surface area (Å²) >= 11 is 0. The molecule has 3 aliphatic rings. The highest BCUT2D eigenvalue weighted by Gasteiger charge is 2.47. The van der Waals surface area contributed by atoms with E-state index in [-0.39, 0.29) is 0 Å². The van der Waals surface area contributed by atoms with Crippen molar-refractivity contribution in [2.75, 3.05) is 0 Å². The van der Waals surface area contributed by atoms with E-state index in [1.165, 1.54) is 12.8 Å². The Morgan fingerprint density at radius 2 is 2.43 bits per heavy atom. The number of allylic oxidation sites excluding steroid dienone is 4. The van der Waals surface area contributed by atoms with Crippen LogP contribution in [-0.2, 0) is 0 Å². The molecule has 0 heteroatoms. The molecule has 0 amide bonds. The van der Waals surface area contributed by atoms with Crippen LogP contribution in [0.15, 0.2) is 22.8 Å². The van der Waals surface area contributed by atoms with Gasteiger partial charge in [-0.2, -0.15) is 0 Å². The van der Waals surface area contributed by atoms with Crippen LogP contribution in [-0.4, -0.2) is 0 Å². The van der Waals surface area contributed by atoms with Gasteiger partial charge in [0.1, 0.15) is 0 Å². The molecule has 1 atom stereocenters. The van der Waals surface area contributed by atoms with E-state index < -0.39 is 0 Å². The Kier molecular flexibility index (Phi) is 0.203. The van der Waals surface area contributed by atoms with Crippen molar-refractivity contribution >= 4 is 0 Å². The number of fused-ring (bicyclic) bond motifs is 1. The summed E-state index contributed by atoms with van der Waals surface area (Å²) in [6, 6.07) is 0. The summed E-state index contributed by atoms with van der Waals surface area (Å²) in [5.41, 5.74) is 5.20. The highest BCUT2D eigenvalue weighted by molar-refractivity contribution is 5.70. The van der Waals surface area contributed by atoms with Crippen molar-refractivity contribution in [1.82, 2.24) is 0 Å². The lowest BCUT2D eigenvalue weighted by Gasteiger charge is -2.13. The fourth-order valence-corrected chi connectivity index (χ4v) is 1.85. The van der Waals surface area contributed by atoms with Crippen LogP contribution >= 0.6 is 0 Å². The quantitative estimate of drug-likeness (QED) is 0.424. The molecule has 0 heterocycles. The molecule has 0 saturated heterocycles. The summed E-state index contributed by atoms with van der Waals surface area (Å²) in [6.07, 6.45) is 5.20. The average molecular weight is 90.1 g/mol. The van der Waals surface area contributed by atoms with Crippen molar-refractivity contribution in [2.45, 2.75) is 12.8 Å². The van der Waals surface area contributed by atoms with Gasteiger partial charge in [-0.15, -0.1) is 0 Å². The summed E-state index contributed by atoms with van der Waals surface area (Å²) in [4.78, 5) is 0. The first-order chi connectivity index (χ1) is 3.47. The molecule has 3 rings (SSSR count). The molecule has 0 nitrogen and oxygen atoms in total. The van der Waals surface area contributed by atoms with Crippen LogP contribution in [0.25, 0.3) is 0 Å². The van der Waals surface area contributed by atoms with E-state index in [1.807, 2.05) is 0 Å². The van der Waals surface area contributed by atoms with Crippen LogP contribution in [0.4, 0.5) is 0 Å². The van der Waals surface area contributed by atoms with Gasteiger partial charge in [0, 0.05) is 5.92 Å². The SMILES string of the molecule is C1=C2CCC3=C2C13. The van der Waals surface area contributed by atoms with Crippen LogP contribution in [0.1, 0.15) is 12.8 Å². The van der Waals surface area contributed by atoms with Gasteiger partial charge in [-0.1, -0.05) is 11.6 Å². The zero-order valence-electron chi connectivity index (χ0n) is 4.07. The van der Waals surface area contributed by atoms with Crippen molar-refractivity contribution in [3.63, 3.8) is 0 Å². The van der Waals surface area contributed by atoms with E-state index in [0.717, 1.165) is 5.92 Å². The highest BCUT2D eigenvalue weighted by Crippen LogP contribution is 2.62. The zero-order chi connectivity index (χ0) is 4.43. The van der Waals surface area contributed by atoms with Crippen LogP contribution in [0.5, 0.6) is 0 Å². The van der Waals surface area contributed by atoms with Crippen molar-refractivity contribution in [3.05, 3.63) is 22.8 Å². The van der Waals surface area contributed by atoms with Gasteiger partial charge >= 0.3 is 0 Å². The van der Waals surface area contributed by atoms with E-state index in [2.05, 4.69) is 6.08 Å². The fourth-order valence-electron chi connectivity index (χ4n) is 1.85. The minimum Gasteiger partial charge on any atom is -0.0694 e. The lowest BCUT2D eigenvalue weighted by molar-refractivity contribution is 0.828. The second kappa shape index (κ2) is 0.525. The Morgan fingerprint density at radius 3 is 2.57 bits per heavy atom. The lowest BCUT2D eigenvalue weighted by Crippen LogP contribution is -1.99. The molecule has 0 radical (unpaired) electrons. The van der Waals surface area contributed by atoms with Gasteiger partial charge in [-0.25, -0.2) is 0 Å². The molecule has 0 spiro atoms. The Morgan fingerprint density at radius 1 is 1.43 bits per heavy atom. The van der Waals surface area contributed by atoms with E-state index in [9.17, 15) is 0 Å². The third-order valence-electron chi connectivity index (χ3n) is 2.33. The molecule has 0 aliphatic heterocycles. The van der Waals surface area contributed by atoms with Gasteiger partial charge in [-0.3, -0.25) is 0 Å². The fraction of sp³-hybridized carbons (Fsp3) is 0.429. The Bertz CT molecular complexity index is 206. The van der Waals surface area contributed by atoms with Crippen LogP contribution in [0.2, 0.25) is 0 Å². The predicted molar refractivity (Wildman–Crippen MR) is 27.8 cm³/mol. The summed E-state index contributed by atoms with van der Waals surface area (Å²) < 4.78 is 0. The van der Waals surface area contributed by atoms with Crippen molar-refractivity contribution in [2.24, 2.45) is 5.92 Å². The molecule has 7 heavy (non-hydrogen) atoms. The van der Waals surface area contributed by atoms with Crippen molar-refractivity contribution in [1.29, 1.82) is 0 Å². The van der Waals surface area contributed by atoms with Crippen LogP contribution in [0.3, 0.4) is 0 Å². The normalized spacial score (nSPS) is 40.0. The smallest absolute Gasteiger partial charge is 0.0243 e. The number of rotatable bonds is 0. The van der Waals surface area contributed by atoms with Crippen LogP contribution < -0.4 is 0 Å². The minimum atomic E-state index is 0.934. The zero-order valence-corrected chi connectivity index (χ0v) is 4.07. The minimum absolute atomic E-state index is 0.934. The van der Waals surface area contributed by atoms with Gasteiger partial charge in [0.2, 0.25) is 0 Å². The van der Waals surface area contributed by atoms with Gasteiger partial charge in [0.05, 0.1) is 0 Å². The van der Waals surface area contributed by atoms with Gasteiger partial charge < -0.3 is 0 Å². The molecule has 0 saturated carbocycles. The van der Waals surface area contributed by atoms with E-state index in [1.54, 1.807) is 16.7 Å². The Balaban J connectivity index is 2.39. The molecule has 34 valence electrons. The molecular formula is C7H6. The molecule has 1 unspecified atom stereocenters. The molecule has 0 bridgehead atoms. The maximum absolute atomic E-state index is 2.41. The third-order valence-corrected chi connectivity index (χ3v) is 2.33. The Hall–Kier alpha value is -0.520.